The van der Waals surface area contributed by atoms with Crippen molar-refractivity contribution in [3.8, 4) is 0 Å². The number of hydrogen-bond acceptors (Lipinski definition) is 2. The van der Waals surface area contributed by atoms with Crippen molar-refractivity contribution in [3.63, 3.8) is 0 Å². The molecule has 0 rings (SSSR count). The molecule has 0 fully saturated rings. The lowest BCUT2D eigenvalue weighted by molar-refractivity contribution is -0.123. The molecule has 4 nitrogen and oxygen atoms in total. The molecule has 15 heavy (non-hydrogen) atoms. The standard InChI is InChI=1S/C6H11NO.C5H9NO/c1-4-6(8)7-5(2)3;1-4-5(7)6(2)3/h4-5H,1H2,2-3H3,(H,7,8);4H,1H2,2-3H3. The smallest absolute Gasteiger partial charge is 0.245 e. The van der Waals surface area contributed by atoms with Crippen molar-refractivity contribution in [2.75, 3.05) is 14.1 Å². The van der Waals surface area contributed by atoms with Gasteiger partial charge in [-0.25, -0.2) is 0 Å². The number of nitrogens with one attached hydrogen (secondary N) is 1. The van der Waals surface area contributed by atoms with Crippen LogP contribution in [-0.4, -0.2) is 36.9 Å². The summed E-state index contributed by atoms with van der Waals surface area (Å²) in [5.74, 6) is -0.167. The van der Waals surface area contributed by atoms with Crippen molar-refractivity contribution in [1.82, 2.24) is 10.2 Å². The number of nitrogens with zero attached hydrogens (tertiary/aromatic N) is 1. The number of amides is 2. The number of carbonyl (C=O) groups excluding carboxylic acids is 2. The van der Waals surface area contributed by atoms with Crippen LogP contribution < -0.4 is 5.32 Å². The summed E-state index contributed by atoms with van der Waals surface area (Å²) in [6.45, 7) is 10.4. The summed E-state index contributed by atoms with van der Waals surface area (Å²) < 4.78 is 0. The predicted octanol–water partition coefficient (Wildman–Crippen LogP) is 0.958. The second kappa shape index (κ2) is 8.99. The number of rotatable bonds is 3. The molecule has 0 spiro atoms. The van der Waals surface area contributed by atoms with Gasteiger partial charge in [0.2, 0.25) is 11.8 Å². The van der Waals surface area contributed by atoms with E-state index in [0.717, 1.165) is 0 Å². The van der Waals surface area contributed by atoms with E-state index in [1.807, 2.05) is 13.8 Å². The van der Waals surface area contributed by atoms with Gasteiger partial charge < -0.3 is 10.2 Å². The van der Waals surface area contributed by atoms with Crippen molar-refractivity contribution in [2.24, 2.45) is 0 Å². The van der Waals surface area contributed by atoms with Crippen molar-refractivity contribution < 1.29 is 9.59 Å². The van der Waals surface area contributed by atoms with Gasteiger partial charge in [-0.1, -0.05) is 13.2 Å². The molecule has 0 aromatic heterocycles. The third-order valence-corrected chi connectivity index (χ3v) is 1.23. The molecule has 4 heteroatoms. The monoisotopic (exact) mass is 212 g/mol. The third kappa shape index (κ3) is 12.4. The summed E-state index contributed by atoms with van der Waals surface area (Å²) in [6, 6.07) is 0.209. The molecular formula is C11H20N2O2. The van der Waals surface area contributed by atoms with Crippen LogP contribution in [0, 0.1) is 0 Å². The lowest BCUT2D eigenvalue weighted by Crippen LogP contribution is -2.27. The lowest BCUT2D eigenvalue weighted by Gasteiger charge is -2.03. The maximum Gasteiger partial charge on any atom is 0.245 e. The molecule has 2 amide bonds. The topological polar surface area (TPSA) is 49.4 Å². The predicted molar refractivity (Wildman–Crippen MR) is 62.4 cm³/mol. The quantitative estimate of drug-likeness (QED) is 0.708. The lowest BCUT2D eigenvalue weighted by atomic mass is 10.4. The van der Waals surface area contributed by atoms with Gasteiger partial charge >= 0.3 is 0 Å². The minimum Gasteiger partial charge on any atom is -0.350 e. The van der Waals surface area contributed by atoms with Gasteiger partial charge in [-0.15, -0.1) is 0 Å². The molecule has 0 saturated carbocycles. The van der Waals surface area contributed by atoms with Gasteiger partial charge in [-0.2, -0.15) is 0 Å². The van der Waals surface area contributed by atoms with Gasteiger partial charge in [0.15, 0.2) is 0 Å². The highest BCUT2D eigenvalue weighted by molar-refractivity contribution is 5.87. The second-order valence-corrected chi connectivity index (χ2v) is 3.30. The molecule has 0 aliphatic carbocycles. The summed E-state index contributed by atoms with van der Waals surface area (Å²) >= 11 is 0. The van der Waals surface area contributed by atoms with E-state index in [-0.39, 0.29) is 17.9 Å². The summed E-state index contributed by atoms with van der Waals surface area (Å²) in [5.41, 5.74) is 0. The van der Waals surface area contributed by atoms with E-state index in [1.165, 1.54) is 17.1 Å². The van der Waals surface area contributed by atoms with Crippen molar-refractivity contribution in [1.29, 1.82) is 0 Å². The molecule has 0 radical (unpaired) electrons. The second-order valence-electron chi connectivity index (χ2n) is 3.30. The summed E-state index contributed by atoms with van der Waals surface area (Å²) in [6.07, 6.45) is 2.54. The van der Waals surface area contributed by atoms with Crippen LogP contribution in [-0.2, 0) is 9.59 Å². The summed E-state index contributed by atoms with van der Waals surface area (Å²) in [7, 11) is 3.37. The zero-order valence-electron chi connectivity index (χ0n) is 9.91. The molecule has 0 aliphatic rings. The van der Waals surface area contributed by atoms with E-state index >= 15 is 0 Å². The normalized spacial score (nSPS) is 8.33. The first-order chi connectivity index (χ1) is 6.84. The van der Waals surface area contributed by atoms with Crippen LogP contribution >= 0.6 is 0 Å². The molecule has 0 bridgehead atoms. The fraction of sp³-hybridized carbons (Fsp3) is 0.455. The molecule has 0 unspecified atom stereocenters. The van der Waals surface area contributed by atoms with E-state index in [2.05, 4.69) is 18.5 Å². The van der Waals surface area contributed by atoms with E-state index in [0.29, 0.717) is 0 Å². The SMILES string of the molecule is C=CC(=O)N(C)C.C=CC(=O)NC(C)C. The van der Waals surface area contributed by atoms with Gasteiger partial charge in [0, 0.05) is 20.1 Å². The first kappa shape index (κ1) is 15.9. The highest BCUT2D eigenvalue weighted by atomic mass is 16.2. The third-order valence-electron chi connectivity index (χ3n) is 1.23. The van der Waals surface area contributed by atoms with Gasteiger partial charge in [0.05, 0.1) is 0 Å². The minimum absolute atomic E-state index is 0.0556. The summed E-state index contributed by atoms with van der Waals surface area (Å²) in [4.78, 5) is 22.2. The highest BCUT2D eigenvalue weighted by Gasteiger charge is 1.93. The van der Waals surface area contributed by atoms with Crippen LogP contribution in [0.4, 0.5) is 0 Å². The van der Waals surface area contributed by atoms with Gasteiger partial charge in [0.25, 0.3) is 0 Å². The average Bonchev–Trinajstić information content (AvgIpc) is 2.16. The fourth-order valence-corrected chi connectivity index (χ4v) is 0.526. The first-order valence-corrected chi connectivity index (χ1v) is 4.61. The van der Waals surface area contributed by atoms with Gasteiger partial charge in [-0.05, 0) is 26.0 Å². The van der Waals surface area contributed by atoms with Crippen LogP contribution in [0.2, 0.25) is 0 Å². The van der Waals surface area contributed by atoms with Crippen LogP contribution in [0.1, 0.15) is 13.8 Å². The Labute approximate surface area is 91.6 Å². The maximum absolute atomic E-state index is 10.4. The largest absolute Gasteiger partial charge is 0.350 e. The van der Waals surface area contributed by atoms with Crippen LogP contribution in [0.5, 0.6) is 0 Å². The Kier molecular flexibility index (Phi) is 9.52. The van der Waals surface area contributed by atoms with E-state index in [9.17, 15) is 9.59 Å². The van der Waals surface area contributed by atoms with E-state index in [4.69, 9.17) is 0 Å². The molecule has 0 atom stereocenters. The first-order valence-electron chi connectivity index (χ1n) is 4.61. The van der Waals surface area contributed by atoms with Crippen molar-refractivity contribution >= 4 is 11.8 Å². The summed E-state index contributed by atoms with van der Waals surface area (Å²) in [5, 5.41) is 2.64. The zero-order valence-corrected chi connectivity index (χ0v) is 9.91. The number of hydrogen-bond donors (Lipinski definition) is 1. The Hall–Kier alpha value is -1.58. The van der Waals surface area contributed by atoms with E-state index < -0.39 is 0 Å². The molecule has 0 saturated heterocycles. The Morgan fingerprint density at radius 2 is 1.67 bits per heavy atom. The number of likely N-dealkylation sites (N-methyl/N-ethyl adjacent to an activating group) is 1. The molecule has 0 aromatic carbocycles. The van der Waals surface area contributed by atoms with Gasteiger partial charge in [-0.3, -0.25) is 9.59 Å². The average molecular weight is 212 g/mol. The molecular weight excluding hydrogens is 192 g/mol. The Morgan fingerprint density at radius 3 is 1.73 bits per heavy atom. The zero-order chi connectivity index (χ0) is 12.4. The molecule has 0 aliphatic heterocycles. The van der Waals surface area contributed by atoms with Gasteiger partial charge in [0.1, 0.15) is 0 Å². The minimum atomic E-state index is -0.111. The van der Waals surface area contributed by atoms with Crippen LogP contribution in [0.3, 0.4) is 0 Å². The maximum atomic E-state index is 10.4. The van der Waals surface area contributed by atoms with Crippen LogP contribution in [0.25, 0.3) is 0 Å². The Morgan fingerprint density at radius 1 is 1.20 bits per heavy atom. The van der Waals surface area contributed by atoms with Crippen molar-refractivity contribution in [2.45, 2.75) is 19.9 Å². The molecule has 0 aromatic rings. The van der Waals surface area contributed by atoms with E-state index in [1.54, 1.807) is 14.1 Å². The van der Waals surface area contributed by atoms with Crippen molar-refractivity contribution in [3.05, 3.63) is 25.3 Å². The Balaban J connectivity index is 0. The molecule has 86 valence electrons. The molecule has 1 N–H and O–H groups in total. The van der Waals surface area contributed by atoms with Crippen LogP contribution in [0.15, 0.2) is 25.3 Å². The number of carbonyl (C=O) groups is 2. The fourth-order valence-electron chi connectivity index (χ4n) is 0.526. The molecule has 0 heterocycles. The Bertz CT molecular complexity index is 233. The highest BCUT2D eigenvalue weighted by Crippen LogP contribution is 1.75.